The van der Waals surface area contributed by atoms with Gasteiger partial charge in [0, 0.05) is 29.3 Å². The molecule has 1 saturated carbocycles. The summed E-state index contributed by atoms with van der Waals surface area (Å²) in [6.45, 7) is 5.20. The molecule has 0 amide bonds. The first-order chi connectivity index (χ1) is 31.0. The van der Waals surface area contributed by atoms with E-state index in [0.717, 1.165) is 77.4 Å². The summed E-state index contributed by atoms with van der Waals surface area (Å²) in [7, 11) is 0. The number of aromatic hydroxyl groups is 4. The number of carbonyl (C=O) groups is 1. The van der Waals surface area contributed by atoms with E-state index in [9.17, 15) is 25.5 Å². The number of phenolic OH excluding ortho intramolecular Hbond substituents is 4. The SMILES string of the molecule is CC(C)CCCOc1cc(CCC(=O)[C@H]([C@H](O)CCc2ccc(O)c3c2CCCO3)[C@@]2(c3ccnc(Nc4ccc5cc(O)ccc5c4)c3)CCC[C@H]2Cc2ccc[n-]2)cc(O)c1O. The van der Waals surface area contributed by atoms with Crippen molar-refractivity contribution in [3.05, 3.63) is 125 Å². The molecule has 1 fully saturated rings. The molecule has 1 aliphatic heterocycles. The third kappa shape index (κ3) is 9.79. The maximum Gasteiger partial charge on any atom is 0.200 e. The summed E-state index contributed by atoms with van der Waals surface area (Å²) < 4.78 is 11.8. The van der Waals surface area contributed by atoms with Crippen LogP contribution in [-0.4, -0.2) is 55.6 Å². The summed E-state index contributed by atoms with van der Waals surface area (Å²) in [6.07, 6.45) is 9.92. The Morgan fingerprint density at radius 3 is 2.61 bits per heavy atom. The Morgan fingerprint density at radius 1 is 0.938 bits per heavy atom. The molecule has 2 aliphatic rings. The van der Waals surface area contributed by atoms with E-state index in [4.69, 9.17) is 14.5 Å². The molecule has 6 aromatic rings. The first-order valence-corrected chi connectivity index (χ1v) is 22.9. The van der Waals surface area contributed by atoms with Gasteiger partial charge in [-0.1, -0.05) is 50.6 Å². The number of aliphatic hydroxyl groups is 1. The number of rotatable bonds is 19. The molecule has 0 saturated heterocycles. The zero-order chi connectivity index (χ0) is 44.8. The lowest BCUT2D eigenvalue weighted by Gasteiger charge is -2.45. The van der Waals surface area contributed by atoms with Crippen molar-refractivity contribution in [1.29, 1.82) is 0 Å². The highest BCUT2D eigenvalue weighted by atomic mass is 16.5. The molecule has 3 heterocycles. The second kappa shape index (κ2) is 19.7. The molecular weight excluding hydrogens is 807 g/mol. The predicted octanol–water partition coefficient (Wildman–Crippen LogP) is 9.99. The zero-order valence-electron chi connectivity index (χ0n) is 36.8. The number of ketones is 1. The van der Waals surface area contributed by atoms with Gasteiger partial charge in [0.2, 0.25) is 5.75 Å². The molecule has 0 bridgehead atoms. The maximum atomic E-state index is 15.4. The third-order valence-corrected chi connectivity index (χ3v) is 13.4. The molecular formula is C53H60N3O8-. The number of nitrogens with zero attached hydrogens (tertiary/aromatic N) is 2. The van der Waals surface area contributed by atoms with Crippen LogP contribution < -0.4 is 19.8 Å². The van der Waals surface area contributed by atoms with Gasteiger partial charge in [-0.05, 0) is 158 Å². The number of aryl methyl sites for hydroxylation is 2. The Kier molecular flexibility index (Phi) is 13.7. The van der Waals surface area contributed by atoms with Crippen molar-refractivity contribution in [2.45, 2.75) is 102 Å². The molecule has 336 valence electrons. The van der Waals surface area contributed by atoms with Crippen molar-refractivity contribution >= 4 is 28.1 Å². The first kappa shape index (κ1) is 44.4. The molecule has 11 heteroatoms. The maximum absolute atomic E-state index is 15.4. The number of anilines is 2. The second-order valence-electron chi connectivity index (χ2n) is 18.2. The van der Waals surface area contributed by atoms with Crippen molar-refractivity contribution in [3.63, 3.8) is 0 Å². The van der Waals surface area contributed by atoms with Crippen molar-refractivity contribution in [3.8, 4) is 34.5 Å². The smallest absolute Gasteiger partial charge is 0.200 e. The molecule has 8 rings (SSSR count). The number of pyridine rings is 1. The fourth-order valence-corrected chi connectivity index (χ4v) is 10.4. The second-order valence-corrected chi connectivity index (χ2v) is 18.2. The summed E-state index contributed by atoms with van der Waals surface area (Å²) in [6, 6.07) is 25.9. The summed E-state index contributed by atoms with van der Waals surface area (Å²) in [5.41, 5.74) is 4.43. The quantitative estimate of drug-likeness (QED) is 0.0338. The van der Waals surface area contributed by atoms with Crippen LogP contribution in [0.1, 0.15) is 93.2 Å². The topological polar surface area (TPSA) is 176 Å². The predicted molar refractivity (Wildman–Crippen MR) is 248 cm³/mol. The highest BCUT2D eigenvalue weighted by Gasteiger charge is 2.54. The monoisotopic (exact) mass is 866 g/mol. The van der Waals surface area contributed by atoms with Crippen LogP contribution in [0.5, 0.6) is 34.5 Å². The lowest BCUT2D eigenvalue weighted by molar-refractivity contribution is -0.131. The molecule has 1 aliphatic carbocycles. The van der Waals surface area contributed by atoms with Gasteiger partial charge in [-0.25, -0.2) is 4.98 Å². The molecule has 11 nitrogen and oxygen atoms in total. The molecule has 0 spiro atoms. The van der Waals surface area contributed by atoms with Crippen molar-refractivity contribution in [2.24, 2.45) is 17.8 Å². The average Bonchev–Trinajstić information content (AvgIpc) is 3.97. The van der Waals surface area contributed by atoms with Gasteiger partial charge >= 0.3 is 0 Å². The van der Waals surface area contributed by atoms with E-state index < -0.39 is 17.4 Å². The van der Waals surface area contributed by atoms with Crippen LogP contribution in [0, 0.1) is 17.8 Å². The highest BCUT2D eigenvalue weighted by molar-refractivity contribution is 5.87. The number of phenols is 4. The lowest BCUT2D eigenvalue weighted by atomic mass is 9.59. The van der Waals surface area contributed by atoms with E-state index in [1.165, 1.54) is 6.07 Å². The van der Waals surface area contributed by atoms with Crippen molar-refractivity contribution < 1.29 is 39.8 Å². The number of aromatic nitrogens is 2. The molecule has 0 radical (unpaired) electrons. The van der Waals surface area contributed by atoms with Crippen LogP contribution in [-0.2, 0) is 35.9 Å². The van der Waals surface area contributed by atoms with Crippen LogP contribution in [0.4, 0.5) is 11.5 Å². The van der Waals surface area contributed by atoms with Gasteiger partial charge in [0.15, 0.2) is 23.0 Å². The fraction of sp³-hybridized carbons (Fsp3) is 0.396. The summed E-state index contributed by atoms with van der Waals surface area (Å²) in [5, 5.41) is 60.3. The summed E-state index contributed by atoms with van der Waals surface area (Å²) >= 11 is 0. The Hall–Kier alpha value is -6.20. The first-order valence-electron chi connectivity index (χ1n) is 22.9. The van der Waals surface area contributed by atoms with E-state index in [1.54, 1.807) is 36.7 Å². The number of fused-ring (bicyclic) bond motifs is 2. The lowest BCUT2D eigenvalue weighted by Crippen LogP contribution is -2.49. The van der Waals surface area contributed by atoms with E-state index in [1.807, 2.05) is 54.6 Å². The molecule has 2 aromatic heterocycles. The number of hydrogen-bond donors (Lipinski definition) is 6. The van der Waals surface area contributed by atoms with Gasteiger partial charge in [0.05, 0.1) is 25.2 Å². The zero-order valence-corrected chi connectivity index (χ0v) is 36.8. The number of benzene rings is 4. The van der Waals surface area contributed by atoms with Crippen LogP contribution in [0.25, 0.3) is 10.8 Å². The van der Waals surface area contributed by atoms with Crippen LogP contribution in [0.15, 0.2) is 97.3 Å². The number of Topliss-reactive ketones (excluding diaryl/α,β-unsaturated/α-hetero) is 1. The number of aliphatic hydroxyl groups excluding tert-OH is 1. The largest absolute Gasteiger partial charge is 0.668 e. The van der Waals surface area contributed by atoms with Gasteiger partial charge in [-0.15, -0.1) is 0 Å². The fourth-order valence-electron chi connectivity index (χ4n) is 10.4. The normalized spacial score (nSPS) is 18.1. The number of ether oxygens (including phenoxy) is 2. The Labute approximate surface area is 375 Å². The minimum absolute atomic E-state index is 0.0482. The average molecular weight is 867 g/mol. The highest BCUT2D eigenvalue weighted by Crippen LogP contribution is 2.54. The van der Waals surface area contributed by atoms with Gasteiger partial charge in [-0.3, -0.25) is 4.79 Å². The molecule has 6 N–H and O–H groups in total. The van der Waals surface area contributed by atoms with Crippen molar-refractivity contribution in [1.82, 2.24) is 9.97 Å². The molecule has 64 heavy (non-hydrogen) atoms. The number of hydrogen-bond acceptors (Lipinski definition) is 10. The van der Waals surface area contributed by atoms with Crippen LogP contribution in [0.2, 0.25) is 0 Å². The molecule has 4 aromatic carbocycles. The van der Waals surface area contributed by atoms with Gasteiger partial charge in [-0.2, -0.15) is 11.9 Å². The number of carbonyl (C=O) groups excluding carboxylic acids is 1. The van der Waals surface area contributed by atoms with E-state index in [0.29, 0.717) is 61.9 Å². The van der Waals surface area contributed by atoms with Gasteiger partial charge < -0.3 is 45.3 Å². The standard InChI is InChI=1S/C53H60N3O8/c1-33(2)7-5-25-63-48-28-34(27-47(61)51(48)62)11-18-44(58)50(45(59)19-14-35-15-20-46(60)52-43(35)10-6-26-64-52)53(22-3-8-38(53)31-40-9-4-23-54-40)39-21-24-55-49(32-39)56-41-16-12-37-30-42(57)17-13-36(37)29-41/h4,9,12-13,15-17,20-21,23-24,27-30,32-33,38,45,50,57,59-62H,3,5-8,10-11,14,18-19,22,25-26,31H2,1-2H3,(H,55,56)/q-1/t38-,45+,50+,53-/m0/s1. The number of nitrogens with one attached hydrogen (secondary N) is 1. The minimum Gasteiger partial charge on any atom is -0.668 e. The minimum atomic E-state index is -1.05. The van der Waals surface area contributed by atoms with Gasteiger partial charge in [0.25, 0.3) is 0 Å². The molecule has 4 atom stereocenters. The summed E-state index contributed by atoms with van der Waals surface area (Å²) in [4.78, 5) is 24.8. The third-order valence-electron chi connectivity index (χ3n) is 13.4. The van der Waals surface area contributed by atoms with Gasteiger partial charge in [0.1, 0.15) is 17.4 Å². The molecule has 0 unspecified atom stereocenters. The van der Waals surface area contributed by atoms with E-state index >= 15 is 4.79 Å². The Morgan fingerprint density at radius 2 is 1.78 bits per heavy atom. The van der Waals surface area contributed by atoms with E-state index in [-0.39, 0.29) is 53.3 Å². The van der Waals surface area contributed by atoms with Crippen LogP contribution >= 0.6 is 0 Å². The Balaban J connectivity index is 1.16. The van der Waals surface area contributed by atoms with Crippen LogP contribution in [0.3, 0.4) is 0 Å². The van der Waals surface area contributed by atoms with Crippen molar-refractivity contribution in [2.75, 3.05) is 18.5 Å². The van der Waals surface area contributed by atoms with E-state index in [2.05, 4.69) is 24.1 Å². The Bertz CT molecular complexity index is 2560. The summed E-state index contributed by atoms with van der Waals surface area (Å²) in [5.74, 6) is 0.487.